The molecule has 0 atom stereocenters. The zero-order chi connectivity index (χ0) is 14.0. The molecule has 2 rings (SSSR count). The average Bonchev–Trinajstić information content (AvgIpc) is 2.34. The third-order valence-electron chi connectivity index (χ3n) is 2.84. The number of carboxylic acids is 1. The lowest BCUT2D eigenvalue weighted by Crippen LogP contribution is -2.06. The Bertz CT molecular complexity index is 657. The molecular formula is C14H22Cl3N3O4. The van der Waals surface area contributed by atoms with E-state index in [1.807, 2.05) is 13.0 Å². The van der Waals surface area contributed by atoms with Crippen LogP contribution in [-0.2, 0) is 0 Å². The second-order valence-corrected chi connectivity index (χ2v) is 4.27. The molecule has 0 saturated heterocycles. The highest BCUT2D eigenvalue weighted by atomic mass is 35.5. The molecule has 0 aromatic heterocycles. The molecular weight excluding hydrogens is 381 g/mol. The molecule has 0 saturated carbocycles. The predicted octanol–water partition coefficient (Wildman–Crippen LogP) is 2.22. The van der Waals surface area contributed by atoms with Crippen molar-refractivity contribution in [2.45, 2.75) is 6.92 Å². The van der Waals surface area contributed by atoms with Crippen molar-refractivity contribution >= 4 is 65.9 Å². The van der Waals surface area contributed by atoms with Gasteiger partial charge in [0.1, 0.15) is 0 Å². The first-order chi connectivity index (χ1) is 8.99. The van der Waals surface area contributed by atoms with Crippen LogP contribution in [-0.4, -0.2) is 22.0 Å². The highest BCUT2D eigenvalue weighted by Gasteiger charge is 2.13. The summed E-state index contributed by atoms with van der Waals surface area (Å²) in [6.07, 6.45) is 0. The van der Waals surface area contributed by atoms with Gasteiger partial charge in [-0.2, -0.15) is 0 Å². The lowest BCUT2D eigenvalue weighted by molar-refractivity contribution is 0.0698. The van der Waals surface area contributed by atoms with Gasteiger partial charge in [-0.1, -0.05) is 12.1 Å². The van der Waals surface area contributed by atoms with E-state index in [0.717, 1.165) is 5.56 Å². The molecule has 0 spiro atoms. The Kier molecular flexibility index (Phi) is 15.7. The van der Waals surface area contributed by atoms with E-state index in [2.05, 4.69) is 5.32 Å². The van der Waals surface area contributed by atoms with Gasteiger partial charge in [0.15, 0.2) is 0 Å². The summed E-state index contributed by atoms with van der Waals surface area (Å²) >= 11 is 0. The Balaban J connectivity index is -0.000000400. The third-order valence-corrected chi connectivity index (χ3v) is 2.84. The van der Waals surface area contributed by atoms with Crippen molar-refractivity contribution in [3.8, 4) is 0 Å². The molecule has 0 fully saturated rings. The Morgan fingerprint density at radius 1 is 1.04 bits per heavy atom. The molecule has 10 heteroatoms. The molecule has 0 aliphatic carbocycles. The predicted molar refractivity (Wildman–Crippen MR) is 106 cm³/mol. The first-order valence-corrected chi connectivity index (χ1v) is 5.74. The van der Waals surface area contributed by atoms with Gasteiger partial charge in [-0.3, -0.25) is 0 Å². The van der Waals surface area contributed by atoms with Gasteiger partial charge in [0.25, 0.3) is 0 Å². The van der Waals surface area contributed by atoms with Gasteiger partial charge in [-0.25, -0.2) is 4.79 Å². The molecule has 0 amide bonds. The van der Waals surface area contributed by atoms with Crippen molar-refractivity contribution in [2.75, 3.05) is 16.8 Å². The van der Waals surface area contributed by atoms with E-state index in [-0.39, 0.29) is 53.7 Å². The van der Waals surface area contributed by atoms with Crippen LogP contribution in [0.1, 0.15) is 15.9 Å². The Labute approximate surface area is 158 Å². The molecule has 0 heterocycles. The number of rotatable bonds is 3. The van der Waals surface area contributed by atoms with E-state index in [9.17, 15) is 9.90 Å². The van der Waals surface area contributed by atoms with Crippen LogP contribution in [0.4, 0.5) is 22.7 Å². The van der Waals surface area contributed by atoms with Crippen molar-refractivity contribution in [1.82, 2.24) is 0 Å². The van der Waals surface area contributed by atoms with Crippen LogP contribution in [0.3, 0.4) is 0 Å². The fourth-order valence-corrected chi connectivity index (χ4v) is 1.84. The molecule has 0 unspecified atom stereocenters. The molecule has 0 aliphatic rings. The maximum absolute atomic E-state index is 11.2. The highest BCUT2D eigenvalue weighted by molar-refractivity contribution is 5.96. The van der Waals surface area contributed by atoms with Gasteiger partial charge in [0.05, 0.1) is 22.6 Å². The Morgan fingerprint density at radius 2 is 1.62 bits per heavy atom. The third kappa shape index (κ3) is 6.69. The van der Waals surface area contributed by atoms with Gasteiger partial charge < -0.3 is 32.8 Å². The van der Waals surface area contributed by atoms with Crippen LogP contribution in [0.25, 0.3) is 0 Å². The zero-order valence-corrected chi connectivity index (χ0v) is 15.1. The summed E-state index contributed by atoms with van der Waals surface area (Å²) in [6, 6.07) is 10.1. The molecule has 138 valence electrons. The molecule has 0 radical (unpaired) electrons. The lowest BCUT2D eigenvalue weighted by atomic mass is 10.1. The van der Waals surface area contributed by atoms with Crippen molar-refractivity contribution in [3.05, 3.63) is 47.5 Å². The number of nitrogen functional groups attached to an aromatic ring is 2. The fraction of sp³-hybridized carbons (Fsp3) is 0.0714. The molecule has 7 nitrogen and oxygen atoms in total. The van der Waals surface area contributed by atoms with Crippen molar-refractivity contribution in [3.63, 3.8) is 0 Å². The van der Waals surface area contributed by atoms with Crippen LogP contribution in [0.15, 0.2) is 36.4 Å². The van der Waals surface area contributed by atoms with E-state index in [1.165, 1.54) is 0 Å². The second-order valence-electron chi connectivity index (χ2n) is 4.27. The smallest absolute Gasteiger partial charge is 0.337 e. The number of anilines is 4. The number of hydrogen-bond donors (Lipinski definition) is 4. The van der Waals surface area contributed by atoms with Crippen molar-refractivity contribution in [2.24, 2.45) is 0 Å². The van der Waals surface area contributed by atoms with Gasteiger partial charge in [0, 0.05) is 5.69 Å². The largest absolute Gasteiger partial charge is 0.478 e. The Morgan fingerprint density at radius 3 is 2.12 bits per heavy atom. The van der Waals surface area contributed by atoms with E-state index in [1.54, 1.807) is 30.3 Å². The molecule has 0 aliphatic heterocycles. The number of benzene rings is 2. The topological polar surface area (TPSA) is 164 Å². The SMILES string of the molecule is Cc1cccc(C(=O)O)c1Nc1ccc(N)cc1N.Cl.Cl.Cl.O.O. The number of aromatic carboxylic acids is 1. The number of nitrogens with one attached hydrogen (secondary N) is 1. The van der Waals surface area contributed by atoms with Gasteiger partial charge in [-0.15, -0.1) is 37.2 Å². The van der Waals surface area contributed by atoms with Crippen LogP contribution in [0, 0.1) is 6.92 Å². The van der Waals surface area contributed by atoms with E-state index in [4.69, 9.17) is 11.5 Å². The van der Waals surface area contributed by atoms with Gasteiger partial charge >= 0.3 is 5.97 Å². The summed E-state index contributed by atoms with van der Waals surface area (Å²) < 4.78 is 0. The van der Waals surface area contributed by atoms with E-state index < -0.39 is 5.97 Å². The first-order valence-electron chi connectivity index (χ1n) is 5.74. The van der Waals surface area contributed by atoms with Crippen LogP contribution < -0.4 is 16.8 Å². The normalized spacial score (nSPS) is 8.04. The van der Waals surface area contributed by atoms with Crippen LogP contribution in [0.2, 0.25) is 0 Å². The van der Waals surface area contributed by atoms with Crippen molar-refractivity contribution in [1.29, 1.82) is 0 Å². The minimum atomic E-state index is -0.986. The minimum absolute atomic E-state index is 0. The second kappa shape index (κ2) is 12.5. The number of nitrogens with two attached hydrogens (primary N) is 2. The number of carbonyl (C=O) groups is 1. The monoisotopic (exact) mass is 401 g/mol. The molecule has 10 N–H and O–H groups in total. The summed E-state index contributed by atoms with van der Waals surface area (Å²) in [5.74, 6) is -0.986. The quantitative estimate of drug-likeness (QED) is 0.577. The number of hydrogen-bond acceptors (Lipinski definition) is 4. The summed E-state index contributed by atoms with van der Waals surface area (Å²) in [4.78, 5) is 11.2. The van der Waals surface area contributed by atoms with Crippen LogP contribution >= 0.6 is 37.2 Å². The Hall–Kier alpha value is -1.90. The number of aryl methyl sites for hydroxylation is 1. The van der Waals surface area contributed by atoms with Gasteiger partial charge in [-0.05, 0) is 36.8 Å². The number of carboxylic acid groups (broad SMARTS) is 1. The average molecular weight is 403 g/mol. The van der Waals surface area contributed by atoms with E-state index >= 15 is 0 Å². The maximum Gasteiger partial charge on any atom is 0.337 e. The number of para-hydroxylation sites is 1. The van der Waals surface area contributed by atoms with Gasteiger partial charge in [0.2, 0.25) is 0 Å². The highest BCUT2D eigenvalue weighted by Crippen LogP contribution is 2.29. The number of halogens is 3. The fourth-order valence-electron chi connectivity index (χ4n) is 1.84. The minimum Gasteiger partial charge on any atom is -0.478 e. The zero-order valence-electron chi connectivity index (χ0n) is 12.7. The summed E-state index contributed by atoms with van der Waals surface area (Å²) in [5.41, 5.74) is 14.7. The standard InChI is InChI=1S/C14H15N3O2.3ClH.2H2O/c1-8-3-2-4-10(14(18)19)13(8)17-12-6-5-9(15)7-11(12)16;;;;;/h2-7,17H,15-16H2,1H3,(H,18,19);3*1H;2*1H2. The molecule has 0 bridgehead atoms. The molecule has 24 heavy (non-hydrogen) atoms. The first kappa shape index (κ1) is 30.0. The lowest BCUT2D eigenvalue weighted by Gasteiger charge is -2.14. The molecule has 2 aromatic rings. The summed E-state index contributed by atoms with van der Waals surface area (Å²) in [7, 11) is 0. The van der Waals surface area contributed by atoms with E-state index in [0.29, 0.717) is 22.7 Å². The van der Waals surface area contributed by atoms with Crippen LogP contribution in [0.5, 0.6) is 0 Å². The summed E-state index contributed by atoms with van der Waals surface area (Å²) in [5, 5.41) is 12.2. The molecule has 2 aromatic carbocycles. The maximum atomic E-state index is 11.2. The summed E-state index contributed by atoms with van der Waals surface area (Å²) in [6.45, 7) is 1.84. The van der Waals surface area contributed by atoms with Crippen molar-refractivity contribution < 1.29 is 20.9 Å².